The number of nitrogens with two attached hydrogens (primary N) is 1. The molecule has 0 amide bonds. The molecule has 0 fully saturated rings. The third kappa shape index (κ3) is 2.46. The molecule has 0 saturated heterocycles. The zero-order valence-electron chi connectivity index (χ0n) is 13.0. The Labute approximate surface area is 141 Å². The summed E-state index contributed by atoms with van der Waals surface area (Å²) in [5, 5.41) is 3.73. The van der Waals surface area contributed by atoms with E-state index in [9.17, 15) is 0 Å². The van der Waals surface area contributed by atoms with Crippen LogP contribution in [-0.2, 0) is 0 Å². The van der Waals surface area contributed by atoms with Gasteiger partial charge in [0.05, 0.1) is 18.9 Å². The first-order valence-electron chi connectivity index (χ1n) is 7.12. The van der Waals surface area contributed by atoms with Crippen molar-refractivity contribution in [3.8, 4) is 11.5 Å². The second kappa shape index (κ2) is 5.57. The molecule has 0 aliphatic carbocycles. The largest absolute Gasteiger partial charge is 0.497 e. The van der Waals surface area contributed by atoms with Crippen molar-refractivity contribution in [3.63, 3.8) is 0 Å². The van der Waals surface area contributed by atoms with Crippen molar-refractivity contribution < 1.29 is 13.9 Å². The van der Waals surface area contributed by atoms with Gasteiger partial charge in [-0.1, -0.05) is 11.3 Å². The standard InChI is InChI=1S/C16H14N4O3S/c1-21-9-3-4-11-10(7-9)18-15(23-11)20-16-19-14-12(22-2)5-8(17)6-13(14)24-16/h3-7H,17H2,1-2H3,(H,18,19,20). The number of benzene rings is 2. The lowest BCUT2D eigenvalue weighted by Gasteiger charge is -2.01. The van der Waals surface area contributed by atoms with Crippen LogP contribution in [0.4, 0.5) is 16.8 Å². The molecule has 0 saturated carbocycles. The summed E-state index contributed by atoms with van der Waals surface area (Å²) in [5.41, 5.74) is 8.63. The van der Waals surface area contributed by atoms with Crippen LogP contribution >= 0.6 is 11.3 Å². The number of rotatable bonds is 4. The number of methoxy groups -OCH3 is 2. The Morgan fingerprint density at radius 3 is 2.79 bits per heavy atom. The van der Waals surface area contributed by atoms with Gasteiger partial charge in [0.15, 0.2) is 10.7 Å². The summed E-state index contributed by atoms with van der Waals surface area (Å²) in [4.78, 5) is 8.93. The molecule has 0 unspecified atom stereocenters. The molecule has 0 radical (unpaired) electrons. The molecule has 24 heavy (non-hydrogen) atoms. The molecule has 0 aliphatic heterocycles. The quantitative estimate of drug-likeness (QED) is 0.545. The lowest BCUT2D eigenvalue weighted by molar-refractivity contribution is 0.415. The minimum absolute atomic E-state index is 0.365. The SMILES string of the molecule is COc1ccc2oc(Nc3nc4c(OC)cc(N)cc4s3)nc2c1. The number of hydrogen-bond donors (Lipinski definition) is 2. The van der Waals surface area contributed by atoms with Crippen molar-refractivity contribution in [2.24, 2.45) is 0 Å². The summed E-state index contributed by atoms with van der Waals surface area (Å²) >= 11 is 1.45. The van der Waals surface area contributed by atoms with Crippen molar-refractivity contribution in [1.29, 1.82) is 0 Å². The molecule has 4 rings (SSSR count). The lowest BCUT2D eigenvalue weighted by atomic mass is 10.3. The highest BCUT2D eigenvalue weighted by Crippen LogP contribution is 2.36. The van der Waals surface area contributed by atoms with Crippen LogP contribution in [0.25, 0.3) is 21.3 Å². The molecule has 0 spiro atoms. The normalized spacial score (nSPS) is 11.1. The second-order valence-corrected chi connectivity index (χ2v) is 6.10. The summed E-state index contributed by atoms with van der Waals surface area (Å²) in [5.74, 6) is 1.36. The molecule has 2 aromatic heterocycles. The number of aromatic nitrogens is 2. The minimum atomic E-state index is 0.365. The number of ether oxygens (including phenoxy) is 2. The zero-order chi connectivity index (χ0) is 16.7. The molecular formula is C16H14N4O3S. The van der Waals surface area contributed by atoms with Crippen LogP contribution in [-0.4, -0.2) is 24.2 Å². The number of hydrogen-bond acceptors (Lipinski definition) is 8. The first-order chi connectivity index (χ1) is 11.7. The number of anilines is 3. The van der Waals surface area contributed by atoms with E-state index in [1.165, 1.54) is 11.3 Å². The number of thiazole rings is 1. The van der Waals surface area contributed by atoms with Gasteiger partial charge in [-0.3, -0.25) is 5.32 Å². The molecule has 2 aromatic carbocycles. The Kier molecular flexibility index (Phi) is 3.39. The molecule has 122 valence electrons. The van der Waals surface area contributed by atoms with E-state index >= 15 is 0 Å². The number of nitrogen functional groups attached to an aromatic ring is 1. The van der Waals surface area contributed by atoms with Gasteiger partial charge in [0.2, 0.25) is 0 Å². The van der Waals surface area contributed by atoms with Crippen LogP contribution in [0, 0.1) is 0 Å². The van der Waals surface area contributed by atoms with Crippen LogP contribution in [0.1, 0.15) is 0 Å². The van der Waals surface area contributed by atoms with Crippen LogP contribution in [0.15, 0.2) is 34.7 Å². The predicted molar refractivity (Wildman–Crippen MR) is 94.4 cm³/mol. The van der Waals surface area contributed by atoms with Crippen LogP contribution in [0.2, 0.25) is 0 Å². The average molecular weight is 342 g/mol. The Balaban J connectivity index is 1.71. The van der Waals surface area contributed by atoms with Gasteiger partial charge < -0.3 is 19.6 Å². The number of nitrogens with one attached hydrogen (secondary N) is 1. The van der Waals surface area contributed by atoms with Gasteiger partial charge >= 0.3 is 6.01 Å². The fourth-order valence-electron chi connectivity index (χ4n) is 2.41. The first kappa shape index (κ1) is 14.6. The van der Waals surface area contributed by atoms with Crippen molar-refractivity contribution in [2.75, 3.05) is 25.3 Å². The Morgan fingerprint density at radius 2 is 2.00 bits per heavy atom. The van der Waals surface area contributed by atoms with Crippen molar-refractivity contribution in [2.45, 2.75) is 0 Å². The topological polar surface area (TPSA) is 95.4 Å². The number of nitrogens with zero attached hydrogens (tertiary/aromatic N) is 2. The molecule has 8 heteroatoms. The van der Waals surface area contributed by atoms with Gasteiger partial charge in [-0.25, -0.2) is 4.98 Å². The van der Waals surface area contributed by atoms with Crippen molar-refractivity contribution in [1.82, 2.24) is 9.97 Å². The van der Waals surface area contributed by atoms with E-state index in [-0.39, 0.29) is 0 Å². The highest BCUT2D eigenvalue weighted by molar-refractivity contribution is 7.22. The van der Waals surface area contributed by atoms with Gasteiger partial charge in [-0.05, 0) is 18.2 Å². The van der Waals surface area contributed by atoms with E-state index in [1.54, 1.807) is 20.3 Å². The van der Waals surface area contributed by atoms with Gasteiger partial charge in [0.1, 0.15) is 22.5 Å². The van der Waals surface area contributed by atoms with E-state index in [2.05, 4.69) is 15.3 Å². The maximum atomic E-state index is 5.88. The van der Waals surface area contributed by atoms with Crippen molar-refractivity contribution in [3.05, 3.63) is 30.3 Å². The summed E-state index contributed by atoms with van der Waals surface area (Å²) in [6, 6.07) is 9.42. The zero-order valence-corrected chi connectivity index (χ0v) is 13.8. The number of oxazole rings is 1. The van der Waals surface area contributed by atoms with E-state index in [0.717, 1.165) is 16.0 Å². The fraction of sp³-hybridized carbons (Fsp3) is 0.125. The van der Waals surface area contributed by atoms with Crippen LogP contribution < -0.4 is 20.5 Å². The highest BCUT2D eigenvalue weighted by Gasteiger charge is 2.13. The van der Waals surface area contributed by atoms with Gasteiger partial charge in [0.25, 0.3) is 0 Å². The molecular weight excluding hydrogens is 328 g/mol. The molecule has 3 N–H and O–H groups in total. The molecule has 0 aliphatic rings. The van der Waals surface area contributed by atoms with E-state index in [4.69, 9.17) is 19.6 Å². The summed E-state index contributed by atoms with van der Waals surface area (Å²) in [7, 11) is 3.20. The smallest absolute Gasteiger partial charge is 0.302 e. The molecule has 7 nitrogen and oxygen atoms in total. The average Bonchev–Trinajstić information content (AvgIpc) is 3.15. The molecule has 0 atom stereocenters. The summed E-state index contributed by atoms with van der Waals surface area (Å²) < 4.78 is 17.1. The first-order valence-corrected chi connectivity index (χ1v) is 7.93. The summed E-state index contributed by atoms with van der Waals surface area (Å²) in [6.45, 7) is 0. The third-order valence-corrected chi connectivity index (χ3v) is 4.43. The van der Waals surface area contributed by atoms with E-state index in [0.29, 0.717) is 33.7 Å². The maximum Gasteiger partial charge on any atom is 0.302 e. The van der Waals surface area contributed by atoms with E-state index in [1.807, 2.05) is 24.3 Å². The third-order valence-electron chi connectivity index (χ3n) is 3.51. The fourth-order valence-corrected chi connectivity index (χ4v) is 3.33. The maximum absolute atomic E-state index is 5.88. The lowest BCUT2D eigenvalue weighted by Crippen LogP contribution is -1.90. The minimum Gasteiger partial charge on any atom is -0.497 e. The molecule has 0 bridgehead atoms. The van der Waals surface area contributed by atoms with Crippen LogP contribution in [0.3, 0.4) is 0 Å². The molecule has 4 aromatic rings. The van der Waals surface area contributed by atoms with Crippen molar-refractivity contribution >= 4 is 49.5 Å². The monoisotopic (exact) mass is 342 g/mol. The molecule has 2 heterocycles. The van der Waals surface area contributed by atoms with Gasteiger partial charge in [-0.2, -0.15) is 4.98 Å². The van der Waals surface area contributed by atoms with Gasteiger partial charge in [0, 0.05) is 17.8 Å². The Morgan fingerprint density at radius 1 is 1.12 bits per heavy atom. The van der Waals surface area contributed by atoms with Crippen LogP contribution in [0.5, 0.6) is 11.5 Å². The van der Waals surface area contributed by atoms with E-state index < -0.39 is 0 Å². The van der Waals surface area contributed by atoms with Gasteiger partial charge in [-0.15, -0.1) is 0 Å². The number of fused-ring (bicyclic) bond motifs is 2. The Bertz CT molecular complexity index is 1040. The predicted octanol–water partition coefficient (Wildman–Crippen LogP) is 3.78. The summed E-state index contributed by atoms with van der Waals surface area (Å²) in [6.07, 6.45) is 0. The Hall–Kier alpha value is -3.00. The second-order valence-electron chi connectivity index (χ2n) is 5.07. The highest BCUT2D eigenvalue weighted by atomic mass is 32.1.